The lowest BCUT2D eigenvalue weighted by Gasteiger charge is -2.17. The molecule has 1 fully saturated rings. The molecule has 0 unspecified atom stereocenters. The van der Waals surface area contributed by atoms with Gasteiger partial charge in [0.25, 0.3) is 0 Å². The first-order valence-corrected chi connectivity index (χ1v) is 9.17. The molecule has 0 saturated carbocycles. The van der Waals surface area contributed by atoms with Crippen LogP contribution in [0.2, 0.25) is 0 Å². The molecule has 0 aliphatic carbocycles. The Bertz CT molecular complexity index is 866. The molecule has 0 bridgehead atoms. The monoisotopic (exact) mass is 371 g/mol. The molecule has 2 aromatic rings. The first-order valence-electron chi connectivity index (χ1n) is 8.18. The summed E-state index contributed by atoms with van der Waals surface area (Å²) in [6, 6.07) is 13.4. The quantitative estimate of drug-likeness (QED) is 0.572. The predicted molar refractivity (Wildman–Crippen MR) is 99.7 cm³/mol. The third-order valence-corrected chi connectivity index (χ3v) is 5.01. The Hall–Kier alpha value is -2.60. The molecule has 0 aromatic heterocycles. The Morgan fingerprint density at radius 1 is 1.23 bits per heavy atom. The zero-order chi connectivity index (χ0) is 18.5. The molecule has 3 rings (SSSR count). The second-order valence-corrected chi connectivity index (χ2v) is 6.77. The SMILES string of the molecule is Cc1ccccc1C(=O)/C=C1\SCC(=O)N1CCOc1ccccc1F. The summed E-state index contributed by atoms with van der Waals surface area (Å²) in [6.07, 6.45) is 1.49. The molecule has 1 heterocycles. The van der Waals surface area contributed by atoms with Gasteiger partial charge in [0, 0.05) is 11.6 Å². The first kappa shape index (κ1) is 18.2. The standard InChI is InChI=1S/C20H18FNO3S/c1-14-6-2-3-7-15(14)17(23)12-20-22(19(24)13-26-20)10-11-25-18-9-5-4-8-16(18)21/h2-9,12H,10-11,13H2,1H3/b20-12-. The van der Waals surface area contributed by atoms with Crippen LogP contribution in [0.3, 0.4) is 0 Å². The van der Waals surface area contributed by atoms with E-state index in [1.54, 1.807) is 18.2 Å². The molecule has 0 radical (unpaired) electrons. The van der Waals surface area contributed by atoms with Crippen LogP contribution in [-0.4, -0.2) is 35.5 Å². The molecule has 1 amide bonds. The summed E-state index contributed by atoms with van der Waals surface area (Å²) < 4.78 is 19.0. The Balaban J connectivity index is 1.68. The van der Waals surface area contributed by atoms with Gasteiger partial charge in [-0.2, -0.15) is 0 Å². The summed E-state index contributed by atoms with van der Waals surface area (Å²) in [5.41, 5.74) is 1.50. The van der Waals surface area contributed by atoms with Crippen LogP contribution in [0.25, 0.3) is 0 Å². The number of thioether (sulfide) groups is 1. The molecule has 134 valence electrons. The normalized spacial score (nSPS) is 15.5. The van der Waals surface area contributed by atoms with Crippen molar-refractivity contribution in [3.05, 3.63) is 76.6 Å². The molecule has 0 atom stereocenters. The van der Waals surface area contributed by atoms with Crippen molar-refractivity contribution in [1.82, 2.24) is 4.90 Å². The summed E-state index contributed by atoms with van der Waals surface area (Å²) in [6.45, 7) is 2.27. The Labute approximate surface area is 155 Å². The van der Waals surface area contributed by atoms with Crippen LogP contribution in [0.5, 0.6) is 5.75 Å². The topological polar surface area (TPSA) is 46.6 Å². The maximum Gasteiger partial charge on any atom is 0.237 e. The number of para-hydroxylation sites is 1. The Morgan fingerprint density at radius 2 is 1.96 bits per heavy atom. The summed E-state index contributed by atoms with van der Waals surface area (Å²) in [5.74, 6) is -0.239. The summed E-state index contributed by atoms with van der Waals surface area (Å²) >= 11 is 1.32. The van der Waals surface area contributed by atoms with E-state index in [-0.39, 0.29) is 36.3 Å². The van der Waals surface area contributed by atoms with Crippen LogP contribution in [0, 0.1) is 12.7 Å². The fourth-order valence-electron chi connectivity index (χ4n) is 2.62. The number of carbonyl (C=O) groups is 2. The highest BCUT2D eigenvalue weighted by Crippen LogP contribution is 2.29. The zero-order valence-electron chi connectivity index (χ0n) is 14.3. The van der Waals surface area contributed by atoms with E-state index in [4.69, 9.17) is 4.74 Å². The number of benzene rings is 2. The van der Waals surface area contributed by atoms with Crippen LogP contribution in [0.15, 0.2) is 59.6 Å². The van der Waals surface area contributed by atoms with E-state index in [0.717, 1.165) is 5.56 Å². The van der Waals surface area contributed by atoms with E-state index in [9.17, 15) is 14.0 Å². The van der Waals surface area contributed by atoms with Gasteiger partial charge in [-0.3, -0.25) is 9.59 Å². The third kappa shape index (κ3) is 4.14. The van der Waals surface area contributed by atoms with Crippen LogP contribution in [-0.2, 0) is 4.79 Å². The average Bonchev–Trinajstić information content (AvgIpc) is 2.97. The minimum absolute atomic E-state index is 0.0871. The largest absolute Gasteiger partial charge is 0.489 e. The second-order valence-electron chi connectivity index (χ2n) is 5.77. The van der Waals surface area contributed by atoms with E-state index < -0.39 is 5.82 Å². The fraction of sp³-hybridized carbons (Fsp3) is 0.200. The van der Waals surface area contributed by atoms with Crippen molar-refractivity contribution in [2.45, 2.75) is 6.92 Å². The highest BCUT2D eigenvalue weighted by Gasteiger charge is 2.27. The molecular formula is C20H18FNO3S. The van der Waals surface area contributed by atoms with E-state index in [1.165, 1.54) is 34.9 Å². The highest BCUT2D eigenvalue weighted by molar-refractivity contribution is 8.04. The minimum Gasteiger partial charge on any atom is -0.489 e. The summed E-state index contributed by atoms with van der Waals surface area (Å²) in [7, 11) is 0. The number of hydrogen-bond acceptors (Lipinski definition) is 4. The molecule has 1 saturated heterocycles. The van der Waals surface area contributed by atoms with E-state index in [0.29, 0.717) is 10.6 Å². The number of aryl methyl sites for hydroxylation is 1. The highest BCUT2D eigenvalue weighted by atomic mass is 32.2. The van der Waals surface area contributed by atoms with Gasteiger partial charge in [-0.25, -0.2) is 4.39 Å². The molecule has 1 aliphatic rings. The lowest BCUT2D eigenvalue weighted by atomic mass is 10.1. The van der Waals surface area contributed by atoms with Crippen LogP contribution in [0.1, 0.15) is 15.9 Å². The number of hydrogen-bond donors (Lipinski definition) is 0. The van der Waals surface area contributed by atoms with Crippen molar-refractivity contribution in [2.75, 3.05) is 18.9 Å². The van der Waals surface area contributed by atoms with Gasteiger partial charge in [0.1, 0.15) is 6.61 Å². The van der Waals surface area contributed by atoms with Crippen molar-refractivity contribution in [2.24, 2.45) is 0 Å². The first-order chi connectivity index (χ1) is 12.6. The van der Waals surface area contributed by atoms with Gasteiger partial charge in [-0.15, -0.1) is 0 Å². The van der Waals surface area contributed by atoms with Crippen molar-refractivity contribution in [3.63, 3.8) is 0 Å². The number of rotatable bonds is 6. The zero-order valence-corrected chi connectivity index (χ0v) is 15.1. The van der Waals surface area contributed by atoms with Crippen molar-refractivity contribution in [1.29, 1.82) is 0 Å². The van der Waals surface area contributed by atoms with Crippen LogP contribution in [0.4, 0.5) is 4.39 Å². The molecule has 4 nitrogen and oxygen atoms in total. The van der Waals surface area contributed by atoms with Crippen molar-refractivity contribution < 1.29 is 18.7 Å². The lowest BCUT2D eigenvalue weighted by Crippen LogP contribution is -2.29. The van der Waals surface area contributed by atoms with Crippen LogP contribution < -0.4 is 4.74 Å². The molecular weight excluding hydrogens is 353 g/mol. The van der Waals surface area contributed by atoms with Gasteiger partial charge >= 0.3 is 0 Å². The maximum atomic E-state index is 13.6. The number of ketones is 1. The molecule has 2 aromatic carbocycles. The summed E-state index contributed by atoms with van der Waals surface area (Å²) in [4.78, 5) is 26.1. The number of halogens is 1. The van der Waals surface area contributed by atoms with Crippen molar-refractivity contribution in [3.8, 4) is 5.75 Å². The predicted octanol–water partition coefficient (Wildman–Crippen LogP) is 3.81. The van der Waals surface area contributed by atoms with Gasteiger partial charge < -0.3 is 9.64 Å². The number of carbonyl (C=O) groups excluding carboxylic acids is 2. The lowest BCUT2D eigenvalue weighted by molar-refractivity contribution is -0.125. The third-order valence-electron chi connectivity index (χ3n) is 3.98. The summed E-state index contributed by atoms with van der Waals surface area (Å²) in [5, 5.41) is 0.598. The van der Waals surface area contributed by atoms with Gasteiger partial charge in [0.2, 0.25) is 5.91 Å². The molecule has 0 N–H and O–H groups in total. The van der Waals surface area contributed by atoms with Gasteiger partial charge in [0.05, 0.1) is 17.3 Å². The Kier molecular flexibility index (Phi) is 5.73. The Morgan fingerprint density at radius 3 is 2.73 bits per heavy atom. The van der Waals surface area contributed by atoms with Gasteiger partial charge in [-0.05, 0) is 24.6 Å². The van der Waals surface area contributed by atoms with E-state index >= 15 is 0 Å². The molecule has 0 spiro atoms. The van der Waals surface area contributed by atoms with Gasteiger partial charge in [-0.1, -0.05) is 48.2 Å². The minimum atomic E-state index is -0.444. The number of ether oxygens (including phenoxy) is 1. The number of allylic oxidation sites excluding steroid dienone is 1. The molecule has 26 heavy (non-hydrogen) atoms. The van der Waals surface area contributed by atoms with E-state index in [2.05, 4.69) is 0 Å². The van der Waals surface area contributed by atoms with Crippen molar-refractivity contribution >= 4 is 23.5 Å². The number of nitrogens with zero attached hydrogens (tertiary/aromatic N) is 1. The smallest absolute Gasteiger partial charge is 0.237 e. The second kappa shape index (κ2) is 8.19. The average molecular weight is 371 g/mol. The van der Waals surface area contributed by atoms with E-state index in [1.807, 2.05) is 25.1 Å². The number of amides is 1. The maximum absolute atomic E-state index is 13.6. The van der Waals surface area contributed by atoms with Crippen LogP contribution >= 0.6 is 11.8 Å². The molecule has 6 heteroatoms. The van der Waals surface area contributed by atoms with Gasteiger partial charge in [0.15, 0.2) is 17.3 Å². The molecule has 1 aliphatic heterocycles. The fourth-order valence-corrected chi connectivity index (χ4v) is 3.58.